The van der Waals surface area contributed by atoms with Crippen molar-refractivity contribution in [1.82, 2.24) is 4.90 Å². The summed E-state index contributed by atoms with van der Waals surface area (Å²) in [5.74, 6) is 1.16. The molecule has 0 saturated carbocycles. The molecule has 2 unspecified atom stereocenters. The third-order valence-electron chi connectivity index (χ3n) is 3.54. The average molecular weight is 311 g/mol. The molecule has 0 saturated heterocycles. The lowest BCUT2D eigenvalue weighted by Crippen LogP contribution is -2.40. The van der Waals surface area contributed by atoms with Crippen LogP contribution in [0.2, 0.25) is 0 Å². The maximum atomic E-state index is 13.8. The van der Waals surface area contributed by atoms with Crippen LogP contribution in [0, 0.1) is 24.0 Å². The Kier molecular flexibility index (Phi) is 8.03. The van der Waals surface area contributed by atoms with Crippen LogP contribution < -0.4 is 0 Å². The van der Waals surface area contributed by atoms with Gasteiger partial charge >= 0.3 is 0 Å². The van der Waals surface area contributed by atoms with Crippen molar-refractivity contribution in [3.05, 3.63) is 35.4 Å². The molecule has 1 N–H and O–H groups in total. The second-order valence-corrected chi connectivity index (χ2v) is 5.30. The lowest BCUT2D eigenvalue weighted by atomic mass is 10.1. The molecule has 0 aliphatic rings. The van der Waals surface area contributed by atoms with E-state index >= 15 is 0 Å². The van der Waals surface area contributed by atoms with E-state index in [1.54, 1.807) is 0 Å². The van der Waals surface area contributed by atoms with Gasteiger partial charge in [0.2, 0.25) is 0 Å². The van der Waals surface area contributed by atoms with E-state index in [4.69, 9.17) is 11.2 Å². The van der Waals surface area contributed by atoms with Crippen LogP contribution in [0.3, 0.4) is 0 Å². The average Bonchev–Trinajstić information content (AvgIpc) is 2.48. The minimum atomic E-state index is -0.717. The van der Waals surface area contributed by atoms with Crippen molar-refractivity contribution in [2.45, 2.75) is 39.0 Å². The first-order valence-electron chi connectivity index (χ1n) is 7.35. The van der Waals surface area contributed by atoms with Crippen LogP contribution in [-0.4, -0.2) is 41.9 Å². The Bertz CT molecular complexity index is 502. The summed E-state index contributed by atoms with van der Waals surface area (Å²) in [6.45, 7) is 4.91. The molecule has 0 aliphatic heterocycles. The highest BCUT2D eigenvalue weighted by molar-refractivity contribution is 5.18. The Morgan fingerprint density at radius 2 is 2.14 bits per heavy atom. The van der Waals surface area contributed by atoms with Crippen molar-refractivity contribution in [3.63, 3.8) is 0 Å². The zero-order chi connectivity index (χ0) is 16.5. The summed E-state index contributed by atoms with van der Waals surface area (Å²) in [7, 11) is 0. The van der Waals surface area contributed by atoms with Crippen molar-refractivity contribution in [2.75, 3.05) is 19.8 Å². The number of nitrogens with zero attached hydrogens (tertiary/aromatic N) is 1. The molecule has 0 fully saturated rings. The van der Waals surface area contributed by atoms with Gasteiger partial charge in [-0.3, -0.25) is 4.90 Å². The second-order valence-electron chi connectivity index (χ2n) is 5.30. The lowest BCUT2D eigenvalue weighted by molar-refractivity contribution is 0.0167. The molecule has 0 aliphatic carbocycles. The Hall–Kier alpha value is -1.48. The fourth-order valence-corrected chi connectivity index (χ4v) is 2.10. The predicted octanol–water partition coefficient (Wildman–Crippen LogP) is 2.58. The summed E-state index contributed by atoms with van der Waals surface area (Å²) in [6, 6.07) is 3.68. The molecule has 1 aromatic carbocycles. The van der Waals surface area contributed by atoms with Gasteiger partial charge in [0.05, 0.1) is 12.7 Å². The van der Waals surface area contributed by atoms with Crippen LogP contribution >= 0.6 is 0 Å². The topological polar surface area (TPSA) is 32.7 Å². The van der Waals surface area contributed by atoms with E-state index in [2.05, 4.69) is 5.92 Å². The molecular weight excluding hydrogens is 288 g/mol. The molecule has 122 valence electrons. The van der Waals surface area contributed by atoms with Crippen LogP contribution in [0.25, 0.3) is 0 Å². The minimum Gasteiger partial charge on any atom is -0.389 e. The number of hydrogen-bond donors (Lipinski definition) is 1. The van der Waals surface area contributed by atoms with E-state index in [1.165, 1.54) is 12.1 Å². The molecule has 0 bridgehead atoms. The third kappa shape index (κ3) is 6.10. The molecule has 0 heterocycles. The summed E-state index contributed by atoms with van der Waals surface area (Å²) >= 11 is 0. The lowest BCUT2D eigenvalue weighted by Gasteiger charge is -2.30. The highest BCUT2D eigenvalue weighted by Crippen LogP contribution is 2.15. The van der Waals surface area contributed by atoms with E-state index in [-0.39, 0.29) is 19.3 Å². The summed E-state index contributed by atoms with van der Waals surface area (Å²) in [6.07, 6.45) is 5.21. The molecule has 0 radical (unpaired) electrons. The van der Waals surface area contributed by atoms with Gasteiger partial charge < -0.3 is 9.84 Å². The van der Waals surface area contributed by atoms with Gasteiger partial charge in [0, 0.05) is 30.8 Å². The van der Waals surface area contributed by atoms with E-state index in [0.29, 0.717) is 18.7 Å². The van der Waals surface area contributed by atoms with Crippen LogP contribution in [0.1, 0.15) is 25.8 Å². The van der Waals surface area contributed by atoms with E-state index in [0.717, 1.165) is 12.5 Å². The minimum absolute atomic E-state index is 0.128. The summed E-state index contributed by atoms with van der Waals surface area (Å²) in [5.41, 5.74) is 0.401. The number of benzene rings is 1. The molecule has 0 amide bonds. The first-order valence-corrected chi connectivity index (χ1v) is 7.35. The summed E-state index contributed by atoms with van der Waals surface area (Å²) in [4.78, 5) is 1.94. The van der Waals surface area contributed by atoms with Crippen molar-refractivity contribution in [1.29, 1.82) is 0 Å². The van der Waals surface area contributed by atoms with Crippen LogP contribution in [-0.2, 0) is 11.3 Å². The number of aliphatic hydroxyl groups excluding tert-OH is 1. The highest BCUT2D eigenvalue weighted by atomic mass is 19.1. The normalized spacial score (nSPS) is 13.9. The van der Waals surface area contributed by atoms with Crippen molar-refractivity contribution in [2.24, 2.45) is 0 Å². The van der Waals surface area contributed by atoms with Crippen LogP contribution in [0.15, 0.2) is 18.2 Å². The Labute approximate surface area is 130 Å². The van der Waals surface area contributed by atoms with Crippen molar-refractivity contribution in [3.8, 4) is 12.3 Å². The van der Waals surface area contributed by atoms with Gasteiger partial charge in [-0.2, -0.15) is 0 Å². The second kappa shape index (κ2) is 9.52. The number of rotatable bonds is 9. The third-order valence-corrected chi connectivity index (χ3v) is 3.54. The molecule has 0 spiro atoms. The first kappa shape index (κ1) is 18.6. The maximum Gasteiger partial charge on any atom is 0.130 e. The first-order chi connectivity index (χ1) is 10.5. The Balaban J connectivity index is 2.70. The van der Waals surface area contributed by atoms with Gasteiger partial charge in [-0.1, -0.05) is 18.9 Å². The van der Waals surface area contributed by atoms with Crippen molar-refractivity contribution < 1.29 is 18.6 Å². The standard InChI is InChI=1S/C17H23F2NO2/c1-4-8-22-12-16(21)11-20(13(3)5-2)10-14-6-7-15(18)9-17(14)19/h1,6-7,9,13,16,21H,5,8,10-12H2,2-3H3. The number of aliphatic hydroxyl groups is 1. The fraction of sp³-hybridized carbons (Fsp3) is 0.529. The Morgan fingerprint density at radius 3 is 2.73 bits per heavy atom. The monoisotopic (exact) mass is 311 g/mol. The smallest absolute Gasteiger partial charge is 0.130 e. The van der Waals surface area contributed by atoms with Gasteiger partial charge in [0.15, 0.2) is 0 Å². The number of hydrogen-bond acceptors (Lipinski definition) is 3. The highest BCUT2D eigenvalue weighted by Gasteiger charge is 2.18. The molecule has 1 rings (SSSR count). The van der Waals surface area contributed by atoms with E-state index in [9.17, 15) is 13.9 Å². The molecule has 2 atom stereocenters. The zero-order valence-electron chi connectivity index (χ0n) is 13.1. The van der Waals surface area contributed by atoms with Gasteiger partial charge in [0.25, 0.3) is 0 Å². The number of ether oxygens (including phenoxy) is 1. The van der Waals surface area contributed by atoms with Crippen LogP contribution in [0.4, 0.5) is 8.78 Å². The predicted molar refractivity (Wildman–Crippen MR) is 82.2 cm³/mol. The van der Waals surface area contributed by atoms with E-state index < -0.39 is 17.7 Å². The molecule has 1 aromatic rings. The largest absolute Gasteiger partial charge is 0.389 e. The van der Waals surface area contributed by atoms with E-state index in [1.807, 2.05) is 18.7 Å². The number of terminal acetylenes is 1. The molecule has 22 heavy (non-hydrogen) atoms. The van der Waals surface area contributed by atoms with Gasteiger partial charge in [-0.05, 0) is 19.4 Å². The fourth-order valence-electron chi connectivity index (χ4n) is 2.10. The summed E-state index contributed by atoms with van der Waals surface area (Å²) in [5, 5.41) is 9.99. The molecule has 0 aromatic heterocycles. The van der Waals surface area contributed by atoms with Crippen molar-refractivity contribution >= 4 is 0 Å². The SMILES string of the molecule is C#CCOCC(O)CN(Cc1ccc(F)cc1F)C(C)CC. The molecule has 5 heteroatoms. The molecule has 3 nitrogen and oxygen atoms in total. The summed E-state index contributed by atoms with van der Waals surface area (Å²) < 4.78 is 31.9. The van der Waals surface area contributed by atoms with Crippen LogP contribution in [0.5, 0.6) is 0 Å². The molecular formula is C17H23F2NO2. The maximum absolute atomic E-state index is 13.8. The van der Waals surface area contributed by atoms with Gasteiger partial charge in [0.1, 0.15) is 18.2 Å². The zero-order valence-corrected chi connectivity index (χ0v) is 13.1. The van der Waals surface area contributed by atoms with Gasteiger partial charge in [-0.25, -0.2) is 8.78 Å². The quantitative estimate of drug-likeness (QED) is 0.562. The van der Waals surface area contributed by atoms with Gasteiger partial charge in [-0.15, -0.1) is 6.42 Å². The number of halogens is 2. The Morgan fingerprint density at radius 1 is 1.41 bits per heavy atom.